The van der Waals surface area contributed by atoms with E-state index in [1.54, 1.807) is 0 Å². The Balaban J connectivity index is 4.12. The van der Waals surface area contributed by atoms with Gasteiger partial charge in [-0.25, -0.2) is 0 Å². The third-order valence-corrected chi connectivity index (χ3v) is 3.33. The van der Waals surface area contributed by atoms with Gasteiger partial charge in [-0.3, -0.25) is 9.59 Å². The fourth-order valence-electron chi connectivity index (χ4n) is 2.04. The number of ether oxygens (including phenoxy) is 2. The summed E-state index contributed by atoms with van der Waals surface area (Å²) in [7, 11) is 1.41. The molecule has 0 bridgehead atoms. The zero-order valence-electron chi connectivity index (χ0n) is 15.8. The van der Waals surface area contributed by atoms with Gasteiger partial charge in [0, 0.05) is 19.8 Å². The first-order valence-electron chi connectivity index (χ1n) is 8.97. The van der Waals surface area contributed by atoms with E-state index in [0.717, 1.165) is 32.1 Å². The Morgan fingerprint density at radius 3 is 2.44 bits per heavy atom. The molecular formula is C21H32O4. The highest BCUT2D eigenvalue weighted by molar-refractivity contribution is 5.69. The molecule has 4 heteroatoms. The van der Waals surface area contributed by atoms with E-state index >= 15 is 0 Å². The highest BCUT2D eigenvalue weighted by Gasteiger charge is 2.05. The molecule has 0 aromatic carbocycles. The molecule has 0 rings (SSSR count). The van der Waals surface area contributed by atoms with Gasteiger partial charge in [0.15, 0.2) is 0 Å². The Bertz CT molecular complexity index is 472. The summed E-state index contributed by atoms with van der Waals surface area (Å²) in [5, 5.41) is 0. The van der Waals surface area contributed by atoms with Crippen molar-refractivity contribution in [1.82, 2.24) is 0 Å². The molecule has 0 heterocycles. The number of carbonyl (C=O) groups is 2. The highest BCUT2D eigenvalue weighted by Crippen LogP contribution is 2.05. The maximum Gasteiger partial charge on any atom is 0.305 e. The maximum atomic E-state index is 11.2. The van der Waals surface area contributed by atoms with Crippen molar-refractivity contribution >= 4 is 11.9 Å². The first-order valence-corrected chi connectivity index (χ1v) is 8.97. The minimum absolute atomic E-state index is 0.161. The smallest absolute Gasteiger partial charge is 0.305 e. The van der Waals surface area contributed by atoms with E-state index in [2.05, 4.69) is 29.9 Å². The lowest BCUT2D eigenvalue weighted by molar-refractivity contribution is -0.144. The molecule has 0 aliphatic heterocycles. The van der Waals surface area contributed by atoms with Crippen molar-refractivity contribution in [3.8, 4) is 0 Å². The second kappa shape index (κ2) is 16.7. The molecule has 0 saturated carbocycles. The van der Waals surface area contributed by atoms with Gasteiger partial charge in [-0.1, -0.05) is 49.5 Å². The predicted molar refractivity (Wildman–Crippen MR) is 102 cm³/mol. The van der Waals surface area contributed by atoms with Crippen molar-refractivity contribution < 1.29 is 19.1 Å². The highest BCUT2D eigenvalue weighted by atomic mass is 16.5. The van der Waals surface area contributed by atoms with Gasteiger partial charge in [0.25, 0.3) is 0 Å². The summed E-state index contributed by atoms with van der Waals surface area (Å²) >= 11 is 0. The van der Waals surface area contributed by atoms with Gasteiger partial charge in [-0.15, -0.1) is 0 Å². The lowest BCUT2D eigenvalue weighted by Gasteiger charge is -2.10. The van der Waals surface area contributed by atoms with E-state index in [0.29, 0.717) is 12.8 Å². The van der Waals surface area contributed by atoms with Crippen LogP contribution in [0, 0.1) is 0 Å². The van der Waals surface area contributed by atoms with E-state index in [-0.39, 0.29) is 18.0 Å². The summed E-state index contributed by atoms with van der Waals surface area (Å²) in [6, 6.07) is 0. The Labute approximate surface area is 152 Å². The Morgan fingerprint density at radius 1 is 1.00 bits per heavy atom. The third kappa shape index (κ3) is 16.5. The molecule has 0 aromatic rings. The average molecular weight is 348 g/mol. The molecule has 0 saturated heterocycles. The van der Waals surface area contributed by atoms with Crippen molar-refractivity contribution in [3.05, 3.63) is 48.6 Å². The zero-order valence-corrected chi connectivity index (χ0v) is 15.8. The van der Waals surface area contributed by atoms with E-state index in [1.165, 1.54) is 14.0 Å². The molecule has 1 unspecified atom stereocenters. The molecule has 0 radical (unpaired) electrons. The molecule has 4 nitrogen and oxygen atoms in total. The normalized spacial score (nSPS) is 13.2. The van der Waals surface area contributed by atoms with Gasteiger partial charge < -0.3 is 9.47 Å². The number of methoxy groups -OCH3 is 1. The zero-order chi connectivity index (χ0) is 18.8. The summed E-state index contributed by atoms with van der Waals surface area (Å²) in [5.41, 5.74) is 0. The predicted octanol–water partition coefficient (Wildman–Crippen LogP) is 5.07. The fourth-order valence-corrected chi connectivity index (χ4v) is 2.04. The summed E-state index contributed by atoms with van der Waals surface area (Å²) in [4.78, 5) is 22.1. The van der Waals surface area contributed by atoms with Crippen LogP contribution in [0.1, 0.15) is 58.8 Å². The van der Waals surface area contributed by atoms with Crippen LogP contribution in [0.3, 0.4) is 0 Å². The number of esters is 2. The van der Waals surface area contributed by atoms with Crippen LogP contribution in [0.2, 0.25) is 0 Å². The molecule has 0 aliphatic carbocycles. The van der Waals surface area contributed by atoms with Crippen molar-refractivity contribution in [2.24, 2.45) is 0 Å². The summed E-state index contributed by atoms with van der Waals surface area (Å²) in [6.45, 7) is 3.53. The van der Waals surface area contributed by atoms with Crippen LogP contribution < -0.4 is 0 Å². The molecule has 0 spiro atoms. The van der Waals surface area contributed by atoms with E-state index in [9.17, 15) is 9.59 Å². The Hall–Kier alpha value is -2.10. The number of rotatable bonds is 13. The molecule has 1 atom stereocenters. The topological polar surface area (TPSA) is 52.6 Å². The second-order valence-electron chi connectivity index (χ2n) is 5.61. The van der Waals surface area contributed by atoms with Crippen molar-refractivity contribution in [1.29, 1.82) is 0 Å². The molecule has 25 heavy (non-hydrogen) atoms. The minimum atomic E-state index is -0.277. The molecule has 0 amide bonds. The molecular weight excluding hydrogens is 316 g/mol. The molecule has 0 aromatic heterocycles. The van der Waals surface area contributed by atoms with E-state index < -0.39 is 0 Å². The first kappa shape index (κ1) is 22.9. The van der Waals surface area contributed by atoms with Gasteiger partial charge in [0.1, 0.15) is 6.10 Å². The second-order valence-corrected chi connectivity index (χ2v) is 5.61. The van der Waals surface area contributed by atoms with Crippen LogP contribution in [0.5, 0.6) is 0 Å². The van der Waals surface area contributed by atoms with Crippen LogP contribution in [0.4, 0.5) is 0 Å². The summed E-state index contributed by atoms with van der Waals surface area (Å²) in [6.07, 6.45) is 21.7. The number of hydrogen-bond donors (Lipinski definition) is 0. The monoisotopic (exact) mass is 348 g/mol. The molecule has 0 fully saturated rings. The number of unbranched alkanes of at least 4 members (excludes halogenated alkanes) is 2. The number of hydrogen-bond acceptors (Lipinski definition) is 4. The third-order valence-electron chi connectivity index (χ3n) is 3.33. The van der Waals surface area contributed by atoms with Crippen LogP contribution in [0.25, 0.3) is 0 Å². The van der Waals surface area contributed by atoms with Crippen LogP contribution in [-0.4, -0.2) is 25.2 Å². The minimum Gasteiger partial charge on any atom is -0.469 e. The van der Waals surface area contributed by atoms with Crippen LogP contribution in [-0.2, 0) is 19.1 Å². The molecule has 140 valence electrons. The fraction of sp³-hybridized carbons (Fsp3) is 0.524. The van der Waals surface area contributed by atoms with Gasteiger partial charge in [0.2, 0.25) is 0 Å². The summed E-state index contributed by atoms with van der Waals surface area (Å²) < 4.78 is 9.88. The summed E-state index contributed by atoms with van der Waals surface area (Å²) in [5.74, 6) is -0.438. The standard InChI is InChI=1S/C21H32O4/c1-4-5-6-7-10-13-16-20(25-19(2)22)17-14-11-8-9-12-15-18-21(23)24-3/h5-6,8,10-11,13-14,17,20H,4,7,9,12,15-16,18H2,1-3H3. The van der Waals surface area contributed by atoms with Crippen molar-refractivity contribution in [2.45, 2.75) is 64.9 Å². The van der Waals surface area contributed by atoms with Gasteiger partial charge >= 0.3 is 11.9 Å². The first-order chi connectivity index (χ1) is 12.1. The van der Waals surface area contributed by atoms with Gasteiger partial charge in [-0.05, 0) is 38.2 Å². The quantitative estimate of drug-likeness (QED) is 0.202. The number of allylic oxidation sites excluding steroid dienone is 6. The van der Waals surface area contributed by atoms with Crippen LogP contribution >= 0.6 is 0 Å². The largest absolute Gasteiger partial charge is 0.469 e. The lowest BCUT2D eigenvalue weighted by atomic mass is 10.1. The molecule has 0 N–H and O–H groups in total. The van der Waals surface area contributed by atoms with Crippen molar-refractivity contribution in [3.63, 3.8) is 0 Å². The molecule has 0 aliphatic rings. The lowest BCUT2D eigenvalue weighted by Crippen LogP contribution is -2.12. The SMILES string of the molecule is CCC=CCC=CCC(C=CC=CCCCCC(=O)OC)OC(C)=O. The van der Waals surface area contributed by atoms with E-state index in [1.807, 2.05) is 30.4 Å². The van der Waals surface area contributed by atoms with Crippen molar-refractivity contribution in [2.75, 3.05) is 7.11 Å². The van der Waals surface area contributed by atoms with Gasteiger partial charge in [-0.2, -0.15) is 0 Å². The average Bonchev–Trinajstić information content (AvgIpc) is 2.59. The van der Waals surface area contributed by atoms with Gasteiger partial charge in [0.05, 0.1) is 7.11 Å². The Morgan fingerprint density at radius 2 is 1.76 bits per heavy atom. The number of carbonyl (C=O) groups excluding carboxylic acids is 2. The van der Waals surface area contributed by atoms with E-state index in [4.69, 9.17) is 4.74 Å². The Kier molecular flexibility index (Phi) is 15.3. The van der Waals surface area contributed by atoms with Crippen LogP contribution in [0.15, 0.2) is 48.6 Å². The maximum absolute atomic E-state index is 11.2.